The van der Waals surface area contributed by atoms with Crippen molar-refractivity contribution in [3.05, 3.63) is 42.5 Å². The van der Waals surface area contributed by atoms with Crippen LogP contribution < -0.4 is 9.62 Å². The molecule has 0 aliphatic carbocycles. The summed E-state index contributed by atoms with van der Waals surface area (Å²) in [5, 5.41) is 0. The van der Waals surface area contributed by atoms with Crippen molar-refractivity contribution in [2.45, 2.75) is 0 Å². The minimum absolute atomic E-state index is 0.286. The maximum Gasteiger partial charge on any atom is 0.264 e. The highest BCUT2D eigenvalue weighted by Gasteiger charge is 2.14. The van der Waals surface area contributed by atoms with E-state index in [2.05, 4.69) is 6.58 Å². The normalized spacial score (nSPS) is 10.8. The number of rotatable bonds is 5. The standard InChI is InChI=1S/C12H16N2O3S/c1-4-8-18(16,17)13-12(15)10-6-5-7-11(9-10)14(2)3/h4-7,9H,1,8H2,2-3H3,(H,13,15). The first-order valence-corrected chi connectivity index (χ1v) is 6.94. The minimum atomic E-state index is -3.64. The fraction of sp³-hybridized carbons (Fsp3) is 0.250. The van der Waals surface area contributed by atoms with Crippen molar-refractivity contribution < 1.29 is 13.2 Å². The molecule has 1 aromatic carbocycles. The van der Waals surface area contributed by atoms with E-state index in [0.29, 0.717) is 5.56 Å². The van der Waals surface area contributed by atoms with Crippen LogP contribution in [0, 0.1) is 0 Å². The van der Waals surface area contributed by atoms with E-state index in [0.717, 1.165) is 5.69 Å². The van der Waals surface area contributed by atoms with Crippen molar-refractivity contribution in [1.29, 1.82) is 0 Å². The quantitative estimate of drug-likeness (QED) is 0.809. The van der Waals surface area contributed by atoms with Gasteiger partial charge in [0.25, 0.3) is 5.91 Å². The molecule has 0 heterocycles. The Balaban J connectivity index is 2.91. The summed E-state index contributed by atoms with van der Waals surface area (Å²) in [6.45, 7) is 3.33. The average molecular weight is 268 g/mol. The van der Waals surface area contributed by atoms with Crippen molar-refractivity contribution in [2.24, 2.45) is 0 Å². The largest absolute Gasteiger partial charge is 0.378 e. The van der Waals surface area contributed by atoms with Crippen LogP contribution in [0.1, 0.15) is 10.4 Å². The van der Waals surface area contributed by atoms with Gasteiger partial charge in [-0.3, -0.25) is 4.79 Å². The summed E-state index contributed by atoms with van der Waals surface area (Å²) in [6.07, 6.45) is 1.23. The third kappa shape index (κ3) is 3.89. The Labute approximate surface area is 107 Å². The first kappa shape index (κ1) is 14.2. The van der Waals surface area contributed by atoms with Gasteiger partial charge in [-0.2, -0.15) is 0 Å². The van der Waals surface area contributed by atoms with Gasteiger partial charge in [-0.05, 0) is 18.2 Å². The van der Waals surface area contributed by atoms with Crippen molar-refractivity contribution in [3.63, 3.8) is 0 Å². The van der Waals surface area contributed by atoms with Crippen LogP contribution >= 0.6 is 0 Å². The Hall–Kier alpha value is -1.82. The number of hydrogen-bond donors (Lipinski definition) is 1. The van der Waals surface area contributed by atoms with Crippen LogP contribution in [0.4, 0.5) is 5.69 Å². The molecule has 0 spiro atoms. The molecule has 98 valence electrons. The maximum absolute atomic E-state index is 11.8. The third-order valence-corrected chi connectivity index (χ3v) is 3.38. The van der Waals surface area contributed by atoms with Crippen molar-refractivity contribution in [3.8, 4) is 0 Å². The van der Waals surface area contributed by atoms with Gasteiger partial charge in [0.05, 0.1) is 5.75 Å². The van der Waals surface area contributed by atoms with Crippen molar-refractivity contribution >= 4 is 21.6 Å². The van der Waals surface area contributed by atoms with Gasteiger partial charge in [0.2, 0.25) is 10.0 Å². The summed E-state index contributed by atoms with van der Waals surface area (Å²) >= 11 is 0. The molecule has 0 aliphatic heterocycles. The molecule has 0 atom stereocenters. The smallest absolute Gasteiger partial charge is 0.264 e. The van der Waals surface area contributed by atoms with Crippen LogP contribution in [-0.4, -0.2) is 34.2 Å². The highest BCUT2D eigenvalue weighted by atomic mass is 32.2. The van der Waals surface area contributed by atoms with Gasteiger partial charge in [-0.25, -0.2) is 13.1 Å². The minimum Gasteiger partial charge on any atom is -0.378 e. The van der Waals surface area contributed by atoms with Gasteiger partial charge in [-0.15, -0.1) is 6.58 Å². The zero-order valence-corrected chi connectivity index (χ0v) is 11.2. The predicted molar refractivity (Wildman–Crippen MR) is 72.2 cm³/mol. The number of sulfonamides is 1. The summed E-state index contributed by atoms with van der Waals surface area (Å²) in [5.41, 5.74) is 1.12. The molecule has 0 fully saturated rings. The Bertz CT molecular complexity index is 550. The molecular formula is C12H16N2O3S. The second-order valence-electron chi connectivity index (χ2n) is 3.95. The van der Waals surface area contributed by atoms with Gasteiger partial charge in [-0.1, -0.05) is 12.1 Å². The number of amides is 1. The lowest BCUT2D eigenvalue weighted by Crippen LogP contribution is -2.32. The van der Waals surface area contributed by atoms with Gasteiger partial charge >= 0.3 is 0 Å². The zero-order chi connectivity index (χ0) is 13.8. The lowest BCUT2D eigenvalue weighted by molar-refractivity contribution is 0.0981. The third-order valence-electron chi connectivity index (χ3n) is 2.21. The van der Waals surface area contributed by atoms with Crippen LogP contribution in [0.2, 0.25) is 0 Å². The number of carbonyl (C=O) groups is 1. The molecule has 0 saturated carbocycles. The summed E-state index contributed by atoms with van der Waals surface area (Å²) in [7, 11) is 0.0342. The van der Waals surface area contributed by atoms with Crippen LogP contribution in [-0.2, 0) is 10.0 Å². The van der Waals surface area contributed by atoms with E-state index in [4.69, 9.17) is 0 Å². The zero-order valence-electron chi connectivity index (χ0n) is 10.4. The average Bonchev–Trinajstić information content (AvgIpc) is 2.28. The molecule has 0 aromatic heterocycles. The Morgan fingerprint density at radius 3 is 2.67 bits per heavy atom. The topological polar surface area (TPSA) is 66.5 Å². The number of carbonyl (C=O) groups excluding carboxylic acids is 1. The van der Waals surface area contributed by atoms with Gasteiger partial charge in [0.15, 0.2) is 0 Å². The number of anilines is 1. The summed E-state index contributed by atoms with van der Waals surface area (Å²) < 4.78 is 24.8. The Kier molecular flexibility index (Phi) is 4.49. The lowest BCUT2D eigenvalue weighted by atomic mass is 10.2. The maximum atomic E-state index is 11.8. The summed E-state index contributed by atoms with van der Waals surface area (Å²) in [4.78, 5) is 13.6. The molecule has 0 unspecified atom stereocenters. The molecule has 1 aromatic rings. The Morgan fingerprint density at radius 2 is 2.11 bits per heavy atom. The predicted octanol–water partition coefficient (Wildman–Crippen LogP) is 0.998. The number of nitrogens with one attached hydrogen (secondary N) is 1. The molecule has 0 bridgehead atoms. The highest BCUT2D eigenvalue weighted by Crippen LogP contribution is 2.13. The summed E-state index contributed by atoms with van der Waals surface area (Å²) in [5.74, 6) is -0.924. The Morgan fingerprint density at radius 1 is 1.44 bits per heavy atom. The first-order chi connectivity index (χ1) is 8.35. The van der Waals surface area contributed by atoms with Crippen LogP contribution in [0.5, 0.6) is 0 Å². The molecule has 0 radical (unpaired) electrons. The van der Waals surface area contributed by atoms with E-state index in [1.54, 1.807) is 18.2 Å². The molecule has 18 heavy (non-hydrogen) atoms. The van der Waals surface area contributed by atoms with Crippen LogP contribution in [0.25, 0.3) is 0 Å². The molecule has 1 rings (SSSR count). The van der Waals surface area contributed by atoms with Crippen LogP contribution in [0.15, 0.2) is 36.9 Å². The van der Waals surface area contributed by atoms with Crippen LogP contribution in [0.3, 0.4) is 0 Å². The van der Waals surface area contributed by atoms with Gasteiger partial charge < -0.3 is 4.90 Å². The second kappa shape index (κ2) is 5.68. The summed E-state index contributed by atoms with van der Waals surface area (Å²) in [6, 6.07) is 6.71. The molecule has 6 heteroatoms. The van der Waals surface area contributed by atoms with Gasteiger partial charge in [0.1, 0.15) is 0 Å². The molecule has 0 aliphatic rings. The van der Waals surface area contributed by atoms with E-state index in [9.17, 15) is 13.2 Å². The molecule has 1 amide bonds. The first-order valence-electron chi connectivity index (χ1n) is 5.29. The fourth-order valence-corrected chi connectivity index (χ4v) is 2.12. The molecular weight excluding hydrogens is 252 g/mol. The number of benzene rings is 1. The monoisotopic (exact) mass is 268 g/mol. The second-order valence-corrected chi connectivity index (χ2v) is 5.71. The van der Waals surface area contributed by atoms with E-state index in [1.165, 1.54) is 6.08 Å². The van der Waals surface area contributed by atoms with Crippen molar-refractivity contribution in [2.75, 3.05) is 24.7 Å². The molecule has 0 saturated heterocycles. The fourth-order valence-electron chi connectivity index (χ4n) is 1.32. The van der Waals surface area contributed by atoms with Crippen molar-refractivity contribution in [1.82, 2.24) is 4.72 Å². The SMILES string of the molecule is C=CCS(=O)(=O)NC(=O)c1cccc(N(C)C)c1. The number of nitrogens with zero attached hydrogens (tertiary/aromatic N) is 1. The number of hydrogen-bond acceptors (Lipinski definition) is 4. The highest BCUT2D eigenvalue weighted by molar-refractivity contribution is 7.90. The van der Waals surface area contributed by atoms with E-state index >= 15 is 0 Å². The molecule has 5 nitrogen and oxygen atoms in total. The molecule has 1 N–H and O–H groups in total. The van der Waals surface area contributed by atoms with Gasteiger partial charge in [0, 0.05) is 25.3 Å². The van der Waals surface area contributed by atoms with E-state index in [1.807, 2.05) is 29.8 Å². The van der Waals surface area contributed by atoms with E-state index < -0.39 is 15.9 Å². The lowest BCUT2D eigenvalue weighted by Gasteiger charge is -2.13. The van der Waals surface area contributed by atoms with E-state index in [-0.39, 0.29) is 5.75 Å².